The van der Waals surface area contributed by atoms with Gasteiger partial charge in [-0.3, -0.25) is 9.59 Å². The molecule has 1 aliphatic carbocycles. The first kappa shape index (κ1) is 21.2. The number of hydrogen-bond acceptors (Lipinski definition) is 4. The van der Waals surface area contributed by atoms with E-state index in [4.69, 9.17) is 0 Å². The lowest BCUT2D eigenvalue weighted by molar-refractivity contribution is -0.119. The summed E-state index contributed by atoms with van der Waals surface area (Å²) in [5.74, 6) is 0.0830. The van der Waals surface area contributed by atoms with Gasteiger partial charge in [-0.05, 0) is 76.1 Å². The Labute approximate surface area is 184 Å². The molecule has 1 aliphatic heterocycles. The molecule has 6 heteroatoms. The van der Waals surface area contributed by atoms with Crippen molar-refractivity contribution in [3.63, 3.8) is 0 Å². The van der Waals surface area contributed by atoms with Crippen LogP contribution in [-0.4, -0.2) is 37.0 Å². The quantitative estimate of drug-likeness (QED) is 0.737. The predicted octanol–water partition coefficient (Wildman–Crippen LogP) is 4.68. The Bertz CT molecular complexity index is 964. The van der Waals surface area contributed by atoms with Gasteiger partial charge in [-0.15, -0.1) is 0 Å². The molecule has 1 fully saturated rings. The summed E-state index contributed by atoms with van der Waals surface area (Å²) in [6, 6.07) is 14.0. The topological polar surface area (TPSA) is 64.7 Å². The molecule has 1 saturated carbocycles. The van der Waals surface area contributed by atoms with Gasteiger partial charge in [0.1, 0.15) is 6.04 Å². The summed E-state index contributed by atoms with van der Waals surface area (Å²) in [6.45, 7) is 5.91. The summed E-state index contributed by atoms with van der Waals surface area (Å²) < 4.78 is 0. The molecule has 2 aromatic carbocycles. The normalized spacial score (nSPS) is 19.0. The van der Waals surface area contributed by atoms with E-state index in [0.29, 0.717) is 11.6 Å². The highest BCUT2D eigenvalue weighted by Crippen LogP contribution is 2.41. The molecule has 2 aliphatic rings. The first-order valence-electron chi connectivity index (χ1n) is 11.2. The minimum absolute atomic E-state index is 0.0655. The Morgan fingerprint density at radius 3 is 2.29 bits per heavy atom. The minimum Gasteiger partial charge on any atom is -0.355 e. The van der Waals surface area contributed by atoms with Crippen LogP contribution in [0.4, 0.5) is 22.7 Å². The third kappa shape index (κ3) is 4.24. The zero-order valence-corrected chi connectivity index (χ0v) is 18.8. The summed E-state index contributed by atoms with van der Waals surface area (Å²) in [5, 5.41) is 6.36. The van der Waals surface area contributed by atoms with E-state index in [1.54, 1.807) is 4.90 Å². The minimum atomic E-state index is -0.158. The van der Waals surface area contributed by atoms with Crippen LogP contribution in [0.1, 0.15) is 56.8 Å². The number of fused-ring (bicyclic) bond motifs is 1. The zero-order chi connectivity index (χ0) is 22.1. The summed E-state index contributed by atoms with van der Waals surface area (Å²) in [4.78, 5) is 29.1. The number of likely N-dealkylation sites (N-methyl/N-ethyl adjacent to an activating group) is 1. The molecule has 164 valence electrons. The number of anilines is 4. The second-order valence-electron chi connectivity index (χ2n) is 8.95. The number of amides is 2. The van der Waals surface area contributed by atoms with Crippen molar-refractivity contribution in [2.45, 2.75) is 64.6 Å². The number of nitrogens with zero attached hydrogens (tertiary/aromatic N) is 2. The molecule has 0 bridgehead atoms. The standard InChI is InChI=1S/C25H32N4O2/c1-16(2)26-24(30)18-9-11-19(12-10-18)27-20-13-14-22-23(15-20)29(21-7-5-6-8-21)17(3)25(31)28(22)4/h9-17,21,27H,5-8H2,1-4H3,(H,26,30). The van der Waals surface area contributed by atoms with E-state index in [9.17, 15) is 9.59 Å². The van der Waals surface area contributed by atoms with Gasteiger partial charge in [-0.25, -0.2) is 0 Å². The van der Waals surface area contributed by atoms with E-state index in [0.717, 1.165) is 35.6 Å². The SMILES string of the molecule is CC(C)NC(=O)c1ccc(Nc2ccc3c(c2)N(C2CCCC2)C(C)C(=O)N3C)cc1. The average molecular weight is 421 g/mol. The molecule has 6 nitrogen and oxygen atoms in total. The van der Waals surface area contributed by atoms with E-state index in [1.165, 1.54) is 12.8 Å². The monoisotopic (exact) mass is 420 g/mol. The number of carbonyl (C=O) groups is 2. The Morgan fingerprint density at radius 2 is 1.65 bits per heavy atom. The van der Waals surface area contributed by atoms with Gasteiger partial charge in [0.05, 0.1) is 11.4 Å². The zero-order valence-electron chi connectivity index (χ0n) is 18.8. The number of benzene rings is 2. The van der Waals surface area contributed by atoms with Crippen molar-refractivity contribution in [2.75, 3.05) is 22.2 Å². The van der Waals surface area contributed by atoms with Gasteiger partial charge in [-0.1, -0.05) is 12.8 Å². The number of nitrogens with one attached hydrogen (secondary N) is 2. The van der Waals surface area contributed by atoms with Crippen molar-refractivity contribution < 1.29 is 9.59 Å². The fourth-order valence-electron chi connectivity index (χ4n) is 4.73. The van der Waals surface area contributed by atoms with Crippen molar-refractivity contribution in [1.29, 1.82) is 0 Å². The van der Waals surface area contributed by atoms with Crippen LogP contribution in [0.5, 0.6) is 0 Å². The molecular weight excluding hydrogens is 388 g/mol. The highest BCUT2D eigenvalue weighted by molar-refractivity contribution is 6.05. The second kappa shape index (κ2) is 8.61. The van der Waals surface area contributed by atoms with Gasteiger partial charge in [0.15, 0.2) is 0 Å². The highest BCUT2D eigenvalue weighted by Gasteiger charge is 2.38. The smallest absolute Gasteiger partial charge is 0.251 e. The fourth-order valence-corrected chi connectivity index (χ4v) is 4.73. The summed E-state index contributed by atoms with van der Waals surface area (Å²) >= 11 is 0. The van der Waals surface area contributed by atoms with Crippen LogP contribution in [0.2, 0.25) is 0 Å². The van der Waals surface area contributed by atoms with E-state index >= 15 is 0 Å². The number of rotatable bonds is 5. The average Bonchev–Trinajstić information content (AvgIpc) is 3.26. The Kier molecular flexibility index (Phi) is 5.90. The lowest BCUT2D eigenvalue weighted by Crippen LogP contribution is -2.54. The molecule has 0 aromatic heterocycles. The van der Waals surface area contributed by atoms with Crippen molar-refractivity contribution in [2.24, 2.45) is 0 Å². The van der Waals surface area contributed by atoms with Gasteiger partial charge < -0.3 is 20.4 Å². The molecule has 4 rings (SSSR count). The Balaban J connectivity index is 1.58. The first-order chi connectivity index (χ1) is 14.8. The third-order valence-electron chi connectivity index (χ3n) is 6.29. The van der Waals surface area contributed by atoms with Gasteiger partial charge in [0.25, 0.3) is 5.91 Å². The van der Waals surface area contributed by atoms with Crippen LogP contribution >= 0.6 is 0 Å². The Hall–Kier alpha value is -3.02. The van der Waals surface area contributed by atoms with Gasteiger partial charge in [0.2, 0.25) is 5.91 Å². The van der Waals surface area contributed by atoms with E-state index in [-0.39, 0.29) is 23.9 Å². The van der Waals surface area contributed by atoms with Gasteiger partial charge in [-0.2, -0.15) is 0 Å². The molecule has 0 radical (unpaired) electrons. The van der Waals surface area contributed by atoms with Crippen molar-refractivity contribution in [3.8, 4) is 0 Å². The maximum atomic E-state index is 12.8. The maximum absolute atomic E-state index is 12.8. The van der Waals surface area contributed by atoms with E-state index in [2.05, 4.69) is 21.6 Å². The molecule has 2 amide bonds. The van der Waals surface area contributed by atoms with E-state index < -0.39 is 0 Å². The third-order valence-corrected chi connectivity index (χ3v) is 6.29. The predicted molar refractivity (Wildman–Crippen MR) is 126 cm³/mol. The van der Waals surface area contributed by atoms with Crippen LogP contribution in [0.3, 0.4) is 0 Å². The molecular formula is C25H32N4O2. The molecule has 1 heterocycles. The lowest BCUT2D eigenvalue weighted by Gasteiger charge is -2.43. The molecule has 1 unspecified atom stereocenters. The summed E-state index contributed by atoms with van der Waals surface area (Å²) in [6.07, 6.45) is 4.72. The summed E-state index contributed by atoms with van der Waals surface area (Å²) in [7, 11) is 1.86. The van der Waals surface area contributed by atoms with Crippen molar-refractivity contribution in [1.82, 2.24) is 5.32 Å². The summed E-state index contributed by atoms with van der Waals surface area (Å²) in [5.41, 5.74) is 4.60. The highest BCUT2D eigenvalue weighted by atomic mass is 16.2. The molecule has 2 aromatic rings. The van der Waals surface area contributed by atoms with Crippen LogP contribution < -0.4 is 20.4 Å². The van der Waals surface area contributed by atoms with E-state index in [1.807, 2.05) is 64.2 Å². The molecule has 2 N–H and O–H groups in total. The van der Waals surface area contributed by atoms with Crippen LogP contribution in [0.25, 0.3) is 0 Å². The van der Waals surface area contributed by atoms with Crippen molar-refractivity contribution >= 4 is 34.6 Å². The molecule has 31 heavy (non-hydrogen) atoms. The largest absolute Gasteiger partial charge is 0.355 e. The second-order valence-corrected chi connectivity index (χ2v) is 8.95. The van der Waals surface area contributed by atoms with Crippen LogP contribution in [0, 0.1) is 0 Å². The molecule has 1 atom stereocenters. The number of carbonyl (C=O) groups excluding carboxylic acids is 2. The fraction of sp³-hybridized carbons (Fsp3) is 0.440. The number of hydrogen-bond donors (Lipinski definition) is 2. The van der Waals surface area contributed by atoms with Crippen LogP contribution in [0.15, 0.2) is 42.5 Å². The molecule has 0 saturated heterocycles. The first-order valence-corrected chi connectivity index (χ1v) is 11.2. The van der Waals surface area contributed by atoms with Crippen molar-refractivity contribution in [3.05, 3.63) is 48.0 Å². The maximum Gasteiger partial charge on any atom is 0.251 e. The van der Waals surface area contributed by atoms with Gasteiger partial charge >= 0.3 is 0 Å². The lowest BCUT2D eigenvalue weighted by atomic mass is 10.0. The molecule has 0 spiro atoms. The van der Waals surface area contributed by atoms with Crippen LogP contribution in [-0.2, 0) is 4.79 Å². The Morgan fingerprint density at radius 1 is 1.00 bits per heavy atom. The van der Waals surface area contributed by atoms with Gasteiger partial charge in [0, 0.05) is 36.1 Å².